The summed E-state index contributed by atoms with van der Waals surface area (Å²) in [6, 6.07) is 5.39. The molecule has 0 unspecified atom stereocenters. The second kappa shape index (κ2) is 4.25. The molecule has 0 atom stereocenters. The molecular weight excluding hydrogens is 272 g/mol. The lowest BCUT2D eigenvalue weighted by Gasteiger charge is -2.02. The van der Waals surface area contributed by atoms with Crippen molar-refractivity contribution >= 4 is 32.8 Å². The number of aromatic nitrogens is 2. The molecule has 1 aromatic carbocycles. The largest absolute Gasteiger partial charge is 0.462 e. The third kappa shape index (κ3) is 1.82. The number of fused-ring (bicyclic) bond motifs is 1. The van der Waals surface area contributed by atoms with Crippen LogP contribution < -0.4 is 0 Å². The number of nitrogens with zero attached hydrogens (tertiary/aromatic N) is 2. The molecule has 0 fully saturated rings. The molecule has 1 aromatic heterocycles. The molecule has 1 heterocycles. The van der Waals surface area contributed by atoms with Crippen molar-refractivity contribution in [2.45, 2.75) is 6.92 Å². The highest BCUT2D eigenvalue weighted by Crippen LogP contribution is 2.23. The standard InChI is InChI=1S/C11H11BrN2O2/c1-3-16-11(15)7-4-5-8-9(6-7)14(2)13-10(8)12/h4-6H,3H2,1-2H3. The van der Waals surface area contributed by atoms with Crippen LogP contribution in [0.4, 0.5) is 0 Å². The fourth-order valence-electron chi connectivity index (χ4n) is 1.55. The highest BCUT2D eigenvalue weighted by atomic mass is 79.9. The molecule has 16 heavy (non-hydrogen) atoms. The van der Waals surface area contributed by atoms with Crippen LogP contribution in [0.1, 0.15) is 17.3 Å². The van der Waals surface area contributed by atoms with Crippen molar-refractivity contribution in [3.63, 3.8) is 0 Å². The number of ether oxygens (including phenoxy) is 1. The summed E-state index contributed by atoms with van der Waals surface area (Å²) in [5, 5.41) is 5.20. The Hall–Kier alpha value is -1.36. The van der Waals surface area contributed by atoms with Gasteiger partial charge in [-0.15, -0.1) is 0 Å². The lowest BCUT2D eigenvalue weighted by molar-refractivity contribution is 0.0526. The average Bonchev–Trinajstić information content (AvgIpc) is 2.55. The summed E-state index contributed by atoms with van der Waals surface area (Å²) in [7, 11) is 1.84. The smallest absolute Gasteiger partial charge is 0.338 e. The summed E-state index contributed by atoms with van der Waals surface area (Å²) in [6.07, 6.45) is 0. The molecule has 0 spiro atoms. The fourth-order valence-corrected chi connectivity index (χ4v) is 2.13. The van der Waals surface area contributed by atoms with E-state index in [1.807, 2.05) is 13.1 Å². The predicted molar refractivity (Wildman–Crippen MR) is 64.4 cm³/mol. The first-order valence-corrected chi connectivity index (χ1v) is 5.72. The number of aryl methyl sites for hydroxylation is 1. The van der Waals surface area contributed by atoms with Crippen LogP contribution in [-0.4, -0.2) is 22.4 Å². The Labute approximate surface area is 101 Å². The molecule has 84 valence electrons. The molecule has 0 saturated carbocycles. The Kier molecular flexibility index (Phi) is 2.96. The third-order valence-corrected chi connectivity index (χ3v) is 2.90. The van der Waals surface area contributed by atoms with Crippen molar-refractivity contribution < 1.29 is 9.53 Å². The number of rotatable bonds is 2. The van der Waals surface area contributed by atoms with Gasteiger partial charge in [-0.2, -0.15) is 5.10 Å². The average molecular weight is 283 g/mol. The summed E-state index contributed by atoms with van der Waals surface area (Å²) in [4.78, 5) is 11.5. The minimum atomic E-state index is -0.304. The lowest BCUT2D eigenvalue weighted by atomic mass is 10.2. The van der Waals surface area contributed by atoms with Gasteiger partial charge in [-0.1, -0.05) is 0 Å². The first-order valence-electron chi connectivity index (χ1n) is 4.93. The third-order valence-electron chi connectivity index (χ3n) is 2.32. The second-order valence-electron chi connectivity index (χ2n) is 3.37. The van der Waals surface area contributed by atoms with E-state index in [4.69, 9.17) is 4.74 Å². The zero-order chi connectivity index (χ0) is 11.7. The molecule has 0 saturated heterocycles. The van der Waals surface area contributed by atoms with Crippen LogP contribution >= 0.6 is 15.9 Å². The number of benzene rings is 1. The van der Waals surface area contributed by atoms with Crippen LogP contribution in [-0.2, 0) is 11.8 Å². The van der Waals surface area contributed by atoms with E-state index in [9.17, 15) is 4.79 Å². The highest BCUT2D eigenvalue weighted by molar-refractivity contribution is 9.10. The van der Waals surface area contributed by atoms with Crippen molar-refractivity contribution in [3.8, 4) is 0 Å². The number of carbonyl (C=O) groups excluding carboxylic acids is 1. The predicted octanol–water partition coefficient (Wildman–Crippen LogP) is 2.51. The van der Waals surface area contributed by atoms with Gasteiger partial charge in [0.1, 0.15) is 4.60 Å². The highest BCUT2D eigenvalue weighted by Gasteiger charge is 2.11. The summed E-state index contributed by atoms with van der Waals surface area (Å²) in [5.74, 6) is -0.304. The van der Waals surface area contributed by atoms with Crippen molar-refractivity contribution in [2.75, 3.05) is 6.61 Å². The molecule has 5 heteroatoms. The quantitative estimate of drug-likeness (QED) is 0.795. The molecule has 2 aromatic rings. The van der Waals surface area contributed by atoms with E-state index in [-0.39, 0.29) is 5.97 Å². The van der Waals surface area contributed by atoms with E-state index in [1.54, 1.807) is 23.7 Å². The Bertz CT molecular complexity index is 548. The Balaban J connectivity index is 2.51. The van der Waals surface area contributed by atoms with Crippen molar-refractivity contribution in [3.05, 3.63) is 28.4 Å². The molecule has 0 aliphatic rings. The first-order chi connectivity index (χ1) is 7.63. The van der Waals surface area contributed by atoms with Crippen LogP contribution in [0.2, 0.25) is 0 Å². The normalized spacial score (nSPS) is 10.7. The first kappa shape index (κ1) is 11.1. The summed E-state index contributed by atoms with van der Waals surface area (Å²) in [6.45, 7) is 2.17. The molecule has 4 nitrogen and oxygen atoms in total. The second-order valence-corrected chi connectivity index (χ2v) is 4.12. The van der Waals surface area contributed by atoms with E-state index in [0.29, 0.717) is 12.2 Å². The van der Waals surface area contributed by atoms with Gasteiger partial charge in [-0.25, -0.2) is 4.79 Å². The summed E-state index contributed by atoms with van der Waals surface area (Å²) in [5.41, 5.74) is 1.45. The molecule has 0 N–H and O–H groups in total. The van der Waals surface area contributed by atoms with Gasteiger partial charge in [-0.05, 0) is 41.1 Å². The van der Waals surface area contributed by atoms with Gasteiger partial charge in [0.05, 0.1) is 17.7 Å². The van der Waals surface area contributed by atoms with Crippen molar-refractivity contribution in [2.24, 2.45) is 7.05 Å². The van der Waals surface area contributed by atoms with E-state index >= 15 is 0 Å². The monoisotopic (exact) mass is 282 g/mol. The maximum Gasteiger partial charge on any atom is 0.338 e. The molecule has 0 aliphatic heterocycles. The fraction of sp³-hybridized carbons (Fsp3) is 0.273. The van der Waals surface area contributed by atoms with Crippen LogP contribution in [0.25, 0.3) is 10.9 Å². The van der Waals surface area contributed by atoms with E-state index in [1.165, 1.54) is 0 Å². The van der Waals surface area contributed by atoms with Crippen molar-refractivity contribution in [1.82, 2.24) is 9.78 Å². The zero-order valence-electron chi connectivity index (χ0n) is 9.03. The van der Waals surface area contributed by atoms with Gasteiger partial charge >= 0.3 is 5.97 Å². The minimum absolute atomic E-state index is 0.304. The maximum atomic E-state index is 11.5. The number of carbonyl (C=O) groups is 1. The van der Waals surface area contributed by atoms with Crippen LogP contribution in [0, 0.1) is 0 Å². The van der Waals surface area contributed by atoms with Crippen LogP contribution in [0.15, 0.2) is 22.8 Å². The van der Waals surface area contributed by atoms with Gasteiger partial charge in [0, 0.05) is 12.4 Å². The molecule has 0 aliphatic carbocycles. The van der Waals surface area contributed by atoms with Crippen LogP contribution in [0.5, 0.6) is 0 Å². The minimum Gasteiger partial charge on any atom is -0.462 e. The van der Waals surface area contributed by atoms with Gasteiger partial charge in [0.15, 0.2) is 0 Å². The Morgan fingerprint density at radius 2 is 2.31 bits per heavy atom. The molecule has 2 rings (SSSR count). The topological polar surface area (TPSA) is 44.1 Å². The van der Waals surface area contributed by atoms with E-state index in [0.717, 1.165) is 15.5 Å². The van der Waals surface area contributed by atoms with E-state index in [2.05, 4.69) is 21.0 Å². The van der Waals surface area contributed by atoms with Gasteiger partial charge in [-0.3, -0.25) is 4.68 Å². The zero-order valence-corrected chi connectivity index (χ0v) is 10.6. The Morgan fingerprint density at radius 1 is 1.56 bits per heavy atom. The maximum absolute atomic E-state index is 11.5. The van der Waals surface area contributed by atoms with Crippen LogP contribution in [0.3, 0.4) is 0 Å². The SMILES string of the molecule is CCOC(=O)c1ccc2c(Br)nn(C)c2c1. The Morgan fingerprint density at radius 3 is 3.00 bits per heavy atom. The number of esters is 1. The summed E-state index contributed by atoms with van der Waals surface area (Å²) < 4.78 is 7.45. The molecule has 0 amide bonds. The van der Waals surface area contributed by atoms with Crippen molar-refractivity contribution in [1.29, 1.82) is 0 Å². The number of hydrogen-bond acceptors (Lipinski definition) is 3. The molecular formula is C11H11BrN2O2. The molecule has 0 radical (unpaired) electrons. The number of halogens is 1. The van der Waals surface area contributed by atoms with Gasteiger partial charge in [0.25, 0.3) is 0 Å². The molecule has 0 bridgehead atoms. The van der Waals surface area contributed by atoms with Gasteiger partial charge in [0.2, 0.25) is 0 Å². The van der Waals surface area contributed by atoms with E-state index < -0.39 is 0 Å². The van der Waals surface area contributed by atoms with Gasteiger partial charge < -0.3 is 4.74 Å². The summed E-state index contributed by atoms with van der Waals surface area (Å²) >= 11 is 3.36. The number of hydrogen-bond donors (Lipinski definition) is 0. The lowest BCUT2D eigenvalue weighted by Crippen LogP contribution is -2.04.